The molecule has 0 aliphatic heterocycles. The van der Waals surface area contributed by atoms with Crippen LogP contribution in [0.4, 0.5) is 14.6 Å². The molecule has 0 unspecified atom stereocenters. The number of hydrogen-bond acceptors (Lipinski definition) is 3. The first-order valence-corrected chi connectivity index (χ1v) is 10.3. The van der Waals surface area contributed by atoms with Crippen molar-refractivity contribution < 1.29 is 13.6 Å². The number of pyridine rings is 1. The second-order valence-electron chi connectivity index (χ2n) is 7.59. The number of nitriles is 1. The van der Waals surface area contributed by atoms with Gasteiger partial charge in [-0.25, -0.2) is 13.8 Å². The molecule has 1 heterocycles. The zero-order valence-corrected chi connectivity index (χ0v) is 16.9. The van der Waals surface area contributed by atoms with Gasteiger partial charge in [0.15, 0.2) is 17.5 Å². The summed E-state index contributed by atoms with van der Waals surface area (Å²) in [4.78, 5) is 18.4. The van der Waals surface area contributed by atoms with Crippen LogP contribution in [0.15, 0.2) is 6.07 Å². The van der Waals surface area contributed by atoms with E-state index in [2.05, 4.69) is 11.1 Å². The highest BCUT2D eigenvalue weighted by atomic mass is 35.5. The molecule has 0 bridgehead atoms. The number of halogens is 3. The molecule has 0 fully saturated rings. The molecule has 0 atom stereocenters. The predicted octanol–water partition coefficient (Wildman–Crippen LogP) is 4.29. The Morgan fingerprint density at radius 1 is 1.21 bits per heavy atom. The predicted molar refractivity (Wildman–Crippen MR) is 106 cm³/mol. The van der Waals surface area contributed by atoms with Gasteiger partial charge in [0.2, 0.25) is 5.91 Å². The lowest BCUT2D eigenvalue weighted by atomic mass is 9.97. The summed E-state index contributed by atoms with van der Waals surface area (Å²) >= 11 is 5.81. The number of hydrogen-bond donors (Lipinski definition) is 0. The Kier molecular flexibility index (Phi) is 5.26. The summed E-state index contributed by atoms with van der Waals surface area (Å²) in [7, 11) is 0. The first-order chi connectivity index (χ1) is 14.0. The fourth-order valence-electron chi connectivity index (χ4n) is 4.46. The quantitative estimate of drug-likeness (QED) is 0.700. The third-order valence-corrected chi connectivity index (χ3v) is 6.21. The fraction of sp³-hybridized carbons (Fsp3) is 0.409. The van der Waals surface area contributed by atoms with E-state index in [0.717, 1.165) is 42.5 Å². The molecule has 29 heavy (non-hydrogen) atoms. The van der Waals surface area contributed by atoms with Crippen LogP contribution in [0.3, 0.4) is 0 Å². The molecule has 0 radical (unpaired) electrons. The Bertz CT molecular complexity index is 1060. The van der Waals surface area contributed by atoms with E-state index < -0.39 is 17.5 Å². The zero-order valence-electron chi connectivity index (χ0n) is 16.1. The number of aromatic nitrogens is 1. The van der Waals surface area contributed by atoms with Crippen LogP contribution in [0.5, 0.6) is 0 Å². The Labute approximate surface area is 173 Å². The highest BCUT2D eigenvalue weighted by Crippen LogP contribution is 2.34. The largest absolute Gasteiger partial charge is 0.290 e. The number of anilines is 1. The van der Waals surface area contributed by atoms with Crippen molar-refractivity contribution in [2.24, 2.45) is 0 Å². The maximum absolute atomic E-state index is 14.9. The van der Waals surface area contributed by atoms with Gasteiger partial charge in [0.1, 0.15) is 11.9 Å². The van der Waals surface area contributed by atoms with E-state index in [1.165, 1.54) is 4.90 Å². The number of carbonyl (C=O) groups excluding carboxylic acids is 1. The van der Waals surface area contributed by atoms with Crippen LogP contribution in [0.1, 0.15) is 51.9 Å². The fourth-order valence-corrected chi connectivity index (χ4v) is 4.60. The topological polar surface area (TPSA) is 57.0 Å². The van der Waals surface area contributed by atoms with Gasteiger partial charge in [-0.15, -0.1) is 11.6 Å². The van der Waals surface area contributed by atoms with Crippen molar-refractivity contribution in [3.8, 4) is 6.07 Å². The van der Waals surface area contributed by atoms with Crippen LogP contribution >= 0.6 is 11.6 Å². The minimum atomic E-state index is -0.935. The zero-order chi connectivity index (χ0) is 20.7. The number of amides is 1. The van der Waals surface area contributed by atoms with Crippen molar-refractivity contribution in [3.63, 3.8) is 0 Å². The number of alkyl halides is 1. The molecule has 1 aromatic heterocycles. The number of nitrogens with zero attached hydrogens (tertiary/aromatic N) is 3. The SMILES string of the molecule is Cc1c(CN(C(=O)CCl)c2nc3c(cc2C#N)CCC3)c(F)c(F)c2c1CCC2. The molecule has 1 aromatic carbocycles. The molecule has 2 aromatic rings. The average molecular weight is 416 g/mol. The normalized spacial score (nSPS) is 14.4. The molecule has 0 N–H and O–H groups in total. The molecular weight excluding hydrogens is 396 g/mol. The van der Waals surface area contributed by atoms with Crippen LogP contribution in [0.25, 0.3) is 0 Å². The molecule has 0 saturated carbocycles. The van der Waals surface area contributed by atoms with E-state index in [9.17, 15) is 18.8 Å². The van der Waals surface area contributed by atoms with Gasteiger partial charge in [0, 0.05) is 11.3 Å². The number of carbonyl (C=O) groups is 1. The Morgan fingerprint density at radius 3 is 2.66 bits per heavy atom. The number of benzene rings is 1. The van der Waals surface area contributed by atoms with Crippen LogP contribution in [0, 0.1) is 29.9 Å². The van der Waals surface area contributed by atoms with Gasteiger partial charge in [-0.3, -0.25) is 9.69 Å². The Balaban J connectivity index is 1.83. The minimum Gasteiger partial charge on any atom is -0.290 e. The molecule has 0 saturated heterocycles. The highest BCUT2D eigenvalue weighted by Gasteiger charge is 2.29. The molecule has 2 aliphatic rings. The summed E-state index contributed by atoms with van der Waals surface area (Å²) in [5, 5.41) is 9.60. The van der Waals surface area contributed by atoms with Gasteiger partial charge in [0.05, 0.1) is 12.1 Å². The maximum atomic E-state index is 14.9. The molecule has 4 nitrogen and oxygen atoms in total. The number of rotatable bonds is 4. The molecule has 1 amide bonds. The monoisotopic (exact) mass is 415 g/mol. The first kappa shape index (κ1) is 19.8. The van der Waals surface area contributed by atoms with Crippen LogP contribution in [-0.2, 0) is 37.0 Å². The first-order valence-electron chi connectivity index (χ1n) is 9.73. The smallest absolute Gasteiger partial charge is 0.243 e. The van der Waals surface area contributed by atoms with Crippen molar-refractivity contribution in [3.05, 3.63) is 56.8 Å². The lowest BCUT2D eigenvalue weighted by molar-refractivity contribution is -0.116. The maximum Gasteiger partial charge on any atom is 0.243 e. The minimum absolute atomic E-state index is 0.118. The van der Waals surface area contributed by atoms with Crippen molar-refractivity contribution >= 4 is 23.3 Å². The number of fused-ring (bicyclic) bond motifs is 2. The molecular formula is C22H20ClF2N3O. The molecule has 0 spiro atoms. The van der Waals surface area contributed by atoms with Gasteiger partial charge in [-0.2, -0.15) is 5.26 Å². The van der Waals surface area contributed by atoms with Crippen LogP contribution < -0.4 is 4.90 Å². The summed E-state index contributed by atoms with van der Waals surface area (Å²) < 4.78 is 29.6. The summed E-state index contributed by atoms with van der Waals surface area (Å²) in [6.07, 6.45) is 4.53. The van der Waals surface area contributed by atoms with E-state index in [0.29, 0.717) is 24.0 Å². The number of aryl methyl sites for hydroxylation is 2. The van der Waals surface area contributed by atoms with Crippen LogP contribution in [-0.4, -0.2) is 16.8 Å². The standard InChI is InChI=1S/C22H20ClF2N3O/c1-12-15-5-3-6-16(15)20(24)21(25)17(12)11-28(19(29)9-23)22-14(10-26)8-13-4-2-7-18(13)27-22/h8H,2-7,9,11H2,1H3. The molecule has 7 heteroatoms. The van der Waals surface area contributed by atoms with Crippen LogP contribution in [0.2, 0.25) is 0 Å². The van der Waals surface area contributed by atoms with Crippen molar-refractivity contribution in [1.82, 2.24) is 4.98 Å². The van der Waals surface area contributed by atoms with Crippen molar-refractivity contribution in [2.45, 2.75) is 52.0 Å². The summed E-state index contributed by atoms with van der Waals surface area (Å²) in [5.74, 6) is -2.46. The van der Waals surface area contributed by atoms with E-state index in [4.69, 9.17) is 11.6 Å². The molecule has 150 valence electrons. The van der Waals surface area contributed by atoms with Gasteiger partial charge in [-0.05, 0) is 73.8 Å². The summed E-state index contributed by atoms with van der Waals surface area (Å²) in [6.45, 7) is 1.54. The van der Waals surface area contributed by atoms with E-state index in [1.54, 1.807) is 13.0 Å². The van der Waals surface area contributed by atoms with Gasteiger partial charge in [0.25, 0.3) is 0 Å². The van der Waals surface area contributed by atoms with E-state index >= 15 is 0 Å². The van der Waals surface area contributed by atoms with Gasteiger partial charge < -0.3 is 0 Å². The summed E-state index contributed by atoms with van der Waals surface area (Å²) in [6, 6.07) is 3.83. The third-order valence-electron chi connectivity index (χ3n) is 5.98. The van der Waals surface area contributed by atoms with Gasteiger partial charge >= 0.3 is 0 Å². The highest BCUT2D eigenvalue weighted by molar-refractivity contribution is 6.29. The lowest BCUT2D eigenvalue weighted by Crippen LogP contribution is -2.34. The van der Waals surface area contributed by atoms with Gasteiger partial charge in [-0.1, -0.05) is 0 Å². The Hall–Kier alpha value is -2.52. The van der Waals surface area contributed by atoms with Crippen molar-refractivity contribution in [1.29, 1.82) is 5.26 Å². The van der Waals surface area contributed by atoms with Crippen molar-refractivity contribution in [2.75, 3.05) is 10.8 Å². The summed E-state index contributed by atoms with van der Waals surface area (Å²) in [5.41, 5.74) is 4.10. The Morgan fingerprint density at radius 2 is 1.93 bits per heavy atom. The van der Waals surface area contributed by atoms with E-state index in [-0.39, 0.29) is 29.4 Å². The second-order valence-corrected chi connectivity index (χ2v) is 7.85. The molecule has 4 rings (SSSR count). The second kappa shape index (κ2) is 7.72. The lowest BCUT2D eigenvalue weighted by Gasteiger charge is -2.25. The van der Waals surface area contributed by atoms with E-state index in [1.807, 2.05) is 0 Å². The third kappa shape index (κ3) is 3.28. The average Bonchev–Trinajstić information content (AvgIpc) is 3.40. The molecule has 2 aliphatic carbocycles.